The monoisotopic (exact) mass is 249 g/mol. The van der Waals surface area contributed by atoms with Crippen LogP contribution in [0.4, 0.5) is 0 Å². The maximum atomic E-state index is 11.9. The Kier molecular flexibility index (Phi) is 5.82. The van der Waals surface area contributed by atoms with Crippen LogP contribution in [-0.4, -0.2) is 25.0 Å². The molecule has 4 N–H and O–H groups in total. The van der Waals surface area contributed by atoms with Gasteiger partial charge in [0.25, 0.3) is 0 Å². The molecule has 1 amide bonds. The van der Waals surface area contributed by atoms with E-state index in [9.17, 15) is 4.79 Å². The van der Waals surface area contributed by atoms with E-state index < -0.39 is 6.04 Å². The molecule has 18 heavy (non-hydrogen) atoms. The van der Waals surface area contributed by atoms with Crippen molar-refractivity contribution in [1.29, 1.82) is 0 Å². The summed E-state index contributed by atoms with van der Waals surface area (Å²) < 4.78 is 0. The maximum Gasteiger partial charge on any atom is 0.241 e. The number of rotatable bonds is 6. The van der Waals surface area contributed by atoms with Crippen molar-refractivity contribution in [2.24, 2.45) is 5.73 Å². The number of hydrogen-bond donors (Lipinski definition) is 3. The summed E-state index contributed by atoms with van der Waals surface area (Å²) in [6.45, 7) is 7.55. The van der Waals surface area contributed by atoms with Gasteiger partial charge < -0.3 is 16.4 Å². The predicted octanol–water partition coefficient (Wildman–Crippen LogP) is 1.11. The Morgan fingerprint density at radius 2 is 1.94 bits per heavy atom. The molecule has 0 saturated carbocycles. The number of carbonyl (C=O) groups is 1. The van der Waals surface area contributed by atoms with E-state index in [-0.39, 0.29) is 11.9 Å². The maximum absolute atomic E-state index is 11.9. The number of nitrogens with two attached hydrogens (primary N) is 1. The van der Waals surface area contributed by atoms with E-state index in [1.165, 1.54) is 0 Å². The summed E-state index contributed by atoms with van der Waals surface area (Å²) in [4.78, 5) is 11.9. The lowest BCUT2D eigenvalue weighted by molar-refractivity contribution is -0.122. The molecule has 4 nitrogen and oxygen atoms in total. The van der Waals surface area contributed by atoms with Crippen molar-refractivity contribution in [2.75, 3.05) is 13.1 Å². The molecule has 0 spiro atoms. The Hall–Kier alpha value is -1.39. The first-order chi connectivity index (χ1) is 8.54. The van der Waals surface area contributed by atoms with Crippen molar-refractivity contribution in [2.45, 2.75) is 32.9 Å². The summed E-state index contributed by atoms with van der Waals surface area (Å²) in [6.07, 6.45) is 0. The molecular formula is C14H23N3O. The Morgan fingerprint density at radius 3 is 2.50 bits per heavy atom. The van der Waals surface area contributed by atoms with E-state index >= 15 is 0 Å². The second kappa shape index (κ2) is 7.13. The largest absolute Gasteiger partial charge is 0.353 e. The highest BCUT2D eigenvalue weighted by atomic mass is 16.2. The Labute approximate surface area is 109 Å². The SMILES string of the molecule is CCN[C@H](C)CNC(=O)C(N)c1ccc(C)cc1. The van der Waals surface area contributed by atoms with Gasteiger partial charge in [-0.3, -0.25) is 4.79 Å². The Bertz CT molecular complexity index is 375. The number of aryl methyl sites for hydroxylation is 1. The normalized spacial score (nSPS) is 14.0. The van der Waals surface area contributed by atoms with Crippen LogP contribution in [0, 0.1) is 6.92 Å². The van der Waals surface area contributed by atoms with Gasteiger partial charge in [0.05, 0.1) is 0 Å². The van der Waals surface area contributed by atoms with Crippen molar-refractivity contribution in [3.63, 3.8) is 0 Å². The molecule has 2 atom stereocenters. The summed E-state index contributed by atoms with van der Waals surface area (Å²) in [5.74, 6) is -0.136. The highest BCUT2D eigenvalue weighted by Crippen LogP contribution is 2.11. The van der Waals surface area contributed by atoms with Crippen LogP contribution in [-0.2, 0) is 4.79 Å². The molecule has 0 aliphatic heterocycles. The van der Waals surface area contributed by atoms with Crippen LogP contribution in [0.1, 0.15) is 31.0 Å². The van der Waals surface area contributed by atoms with Crippen LogP contribution in [0.2, 0.25) is 0 Å². The smallest absolute Gasteiger partial charge is 0.241 e. The van der Waals surface area contributed by atoms with Gasteiger partial charge in [-0.1, -0.05) is 36.8 Å². The molecule has 0 aliphatic carbocycles. The van der Waals surface area contributed by atoms with Crippen LogP contribution in [0.25, 0.3) is 0 Å². The summed E-state index contributed by atoms with van der Waals surface area (Å²) >= 11 is 0. The van der Waals surface area contributed by atoms with Gasteiger partial charge in [0.1, 0.15) is 6.04 Å². The van der Waals surface area contributed by atoms with E-state index in [1.807, 2.05) is 45.0 Å². The predicted molar refractivity (Wildman–Crippen MR) is 74.3 cm³/mol. The minimum atomic E-state index is -0.598. The lowest BCUT2D eigenvalue weighted by Gasteiger charge is -2.16. The third-order valence-corrected chi connectivity index (χ3v) is 2.85. The van der Waals surface area contributed by atoms with Crippen LogP contribution in [0.3, 0.4) is 0 Å². The Morgan fingerprint density at radius 1 is 1.33 bits per heavy atom. The molecule has 0 fully saturated rings. The minimum absolute atomic E-state index is 0.136. The van der Waals surface area contributed by atoms with Gasteiger partial charge in [0.15, 0.2) is 0 Å². The molecule has 1 unspecified atom stereocenters. The van der Waals surface area contributed by atoms with E-state index in [0.717, 1.165) is 17.7 Å². The van der Waals surface area contributed by atoms with E-state index in [0.29, 0.717) is 6.54 Å². The molecule has 0 aromatic heterocycles. The number of carbonyl (C=O) groups excluding carboxylic acids is 1. The number of likely N-dealkylation sites (N-methyl/N-ethyl adjacent to an activating group) is 1. The van der Waals surface area contributed by atoms with Crippen molar-refractivity contribution in [3.8, 4) is 0 Å². The molecule has 0 saturated heterocycles. The van der Waals surface area contributed by atoms with E-state index in [2.05, 4.69) is 10.6 Å². The minimum Gasteiger partial charge on any atom is -0.353 e. The molecule has 1 rings (SSSR count). The van der Waals surface area contributed by atoms with Gasteiger partial charge in [-0.15, -0.1) is 0 Å². The topological polar surface area (TPSA) is 67.1 Å². The van der Waals surface area contributed by atoms with Gasteiger partial charge in [-0.25, -0.2) is 0 Å². The Balaban J connectivity index is 2.48. The van der Waals surface area contributed by atoms with Gasteiger partial charge in [0.2, 0.25) is 5.91 Å². The van der Waals surface area contributed by atoms with Gasteiger partial charge >= 0.3 is 0 Å². The number of nitrogens with one attached hydrogen (secondary N) is 2. The first kappa shape index (κ1) is 14.7. The van der Waals surface area contributed by atoms with E-state index in [4.69, 9.17) is 5.73 Å². The number of benzene rings is 1. The molecule has 0 bridgehead atoms. The first-order valence-electron chi connectivity index (χ1n) is 6.37. The first-order valence-corrected chi connectivity index (χ1v) is 6.37. The second-order valence-electron chi connectivity index (χ2n) is 4.59. The zero-order valence-corrected chi connectivity index (χ0v) is 11.4. The molecule has 0 radical (unpaired) electrons. The third-order valence-electron chi connectivity index (χ3n) is 2.85. The lowest BCUT2D eigenvalue weighted by Crippen LogP contribution is -2.42. The van der Waals surface area contributed by atoms with Gasteiger partial charge in [0, 0.05) is 12.6 Å². The zero-order valence-electron chi connectivity index (χ0n) is 11.4. The zero-order chi connectivity index (χ0) is 13.5. The number of amides is 1. The molecule has 1 aromatic rings. The van der Waals surface area contributed by atoms with Crippen LogP contribution in [0.5, 0.6) is 0 Å². The summed E-state index contributed by atoms with van der Waals surface area (Å²) in [5, 5.41) is 6.09. The van der Waals surface area contributed by atoms with Crippen molar-refractivity contribution >= 4 is 5.91 Å². The average Bonchev–Trinajstić information content (AvgIpc) is 2.36. The molecule has 4 heteroatoms. The molecule has 1 aromatic carbocycles. The average molecular weight is 249 g/mol. The highest BCUT2D eigenvalue weighted by molar-refractivity contribution is 5.82. The fraction of sp³-hybridized carbons (Fsp3) is 0.500. The van der Waals surface area contributed by atoms with E-state index in [1.54, 1.807) is 0 Å². The highest BCUT2D eigenvalue weighted by Gasteiger charge is 2.15. The van der Waals surface area contributed by atoms with Crippen molar-refractivity contribution < 1.29 is 4.79 Å². The summed E-state index contributed by atoms with van der Waals surface area (Å²) in [7, 11) is 0. The molecule has 100 valence electrons. The fourth-order valence-corrected chi connectivity index (χ4v) is 1.71. The molecule has 0 heterocycles. The summed E-state index contributed by atoms with van der Waals surface area (Å²) in [6, 6.07) is 7.37. The van der Waals surface area contributed by atoms with Gasteiger partial charge in [-0.2, -0.15) is 0 Å². The molecule has 0 aliphatic rings. The lowest BCUT2D eigenvalue weighted by atomic mass is 10.1. The number of hydrogen-bond acceptors (Lipinski definition) is 3. The fourth-order valence-electron chi connectivity index (χ4n) is 1.71. The molecular weight excluding hydrogens is 226 g/mol. The van der Waals surface area contributed by atoms with Crippen LogP contribution >= 0.6 is 0 Å². The second-order valence-corrected chi connectivity index (χ2v) is 4.59. The van der Waals surface area contributed by atoms with Crippen LogP contribution < -0.4 is 16.4 Å². The third kappa shape index (κ3) is 4.47. The quantitative estimate of drug-likeness (QED) is 0.707. The standard InChI is InChI=1S/C14H23N3O/c1-4-16-11(3)9-17-14(18)13(15)12-7-5-10(2)6-8-12/h5-8,11,13,16H,4,9,15H2,1-3H3,(H,17,18)/t11-,13?/m1/s1. The van der Waals surface area contributed by atoms with Gasteiger partial charge in [-0.05, 0) is 26.0 Å². The van der Waals surface area contributed by atoms with Crippen molar-refractivity contribution in [1.82, 2.24) is 10.6 Å². The van der Waals surface area contributed by atoms with Crippen LogP contribution in [0.15, 0.2) is 24.3 Å². The van der Waals surface area contributed by atoms with Crippen molar-refractivity contribution in [3.05, 3.63) is 35.4 Å². The summed E-state index contributed by atoms with van der Waals surface area (Å²) in [5.41, 5.74) is 7.92.